The second kappa shape index (κ2) is 6.34. The van der Waals surface area contributed by atoms with Crippen LogP contribution in [-0.2, 0) is 15.8 Å². The summed E-state index contributed by atoms with van der Waals surface area (Å²) in [7, 11) is 0. The average Bonchev–Trinajstić information content (AvgIpc) is 3.03. The summed E-state index contributed by atoms with van der Waals surface area (Å²) < 4.78 is 44.7. The molecule has 2 aromatic rings. The first kappa shape index (κ1) is 19.8. The van der Waals surface area contributed by atoms with Gasteiger partial charge in [-0.25, -0.2) is 0 Å². The molecule has 1 aromatic carbocycles. The van der Waals surface area contributed by atoms with Crippen molar-refractivity contribution in [2.24, 2.45) is 34.2 Å². The van der Waals surface area contributed by atoms with E-state index in [2.05, 4.69) is 17.3 Å². The smallest absolute Gasteiger partial charge is 0.416 e. The van der Waals surface area contributed by atoms with Crippen molar-refractivity contribution in [1.29, 1.82) is 0 Å². The molecule has 0 radical (unpaired) electrons. The van der Waals surface area contributed by atoms with Crippen LogP contribution in [0.2, 0.25) is 5.02 Å². The maximum atomic E-state index is 13.0. The molecule has 4 atom stereocenters. The fraction of sp³-hybridized carbons (Fsp3) is 0.348. The first-order valence-corrected chi connectivity index (χ1v) is 10.7. The van der Waals surface area contributed by atoms with E-state index in [0.717, 1.165) is 36.0 Å². The molecule has 9 heteroatoms. The number of hydrogen-bond donors (Lipinski definition) is 0. The number of fused-ring (bicyclic) bond motifs is 3. The SMILES string of the molecule is O=C1[C@@H]2[C@H](C(=O)N1N=Cc1ccc(-c3cc(C(F)(F)F)ccc3Cl)o1)[C@H]1C=C[C@H]2C12CC2. The molecule has 2 heterocycles. The van der Waals surface area contributed by atoms with Gasteiger partial charge in [-0.3, -0.25) is 9.59 Å². The van der Waals surface area contributed by atoms with E-state index in [1.54, 1.807) is 0 Å². The van der Waals surface area contributed by atoms with Crippen molar-refractivity contribution in [1.82, 2.24) is 5.01 Å². The third kappa shape index (κ3) is 2.62. The Morgan fingerprint density at radius 3 is 2.31 bits per heavy atom. The Bertz CT molecular complexity index is 1190. The summed E-state index contributed by atoms with van der Waals surface area (Å²) in [6.07, 6.45) is 2.98. The summed E-state index contributed by atoms with van der Waals surface area (Å²) in [5, 5.41) is 5.08. The van der Waals surface area contributed by atoms with Gasteiger partial charge in [0.15, 0.2) is 0 Å². The number of halogens is 4. The minimum absolute atomic E-state index is 0.0846. The van der Waals surface area contributed by atoms with Crippen molar-refractivity contribution in [2.45, 2.75) is 19.0 Å². The van der Waals surface area contributed by atoms with Crippen LogP contribution >= 0.6 is 11.6 Å². The van der Waals surface area contributed by atoms with Crippen LogP contribution in [-0.4, -0.2) is 23.0 Å². The van der Waals surface area contributed by atoms with Crippen LogP contribution < -0.4 is 0 Å². The Hall–Kier alpha value is -2.87. The lowest BCUT2D eigenvalue weighted by Gasteiger charge is -2.18. The number of hydrazone groups is 1. The van der Waals surface area contributed by atoms with E-state index in [1.807, 2.05) is 0 Å². The third-order valence-electron chi connectivity index (χ3n) is 7.32. The Kier molecular flexibility index (Phi) is 3.92. The number of imide groups is 1. The van der Waals surface area contributed by atoms with Gasteiger partial charge in [0.1, 0.15) is 11.5 Å². The predicted octanol–water partition coefficient (Wildman–Crippen LogP) is 5.15. The molecular formula is C23H16ClF3N2O3. The highest BCUT2D eigenvalue weighted by Gasteiger charge is 2.73. The highest BCUT2D eigenvalue weighted by atomic mass is 35.5. The number of benzene rings is 1. The van der Waals surface area contributed by atoms with E-state index < -0.39 is 11.7 Å². The highest BCUT2D eigenvalue weighted by molar-refractivity contribution is 6.33. The molecule has 2 amide bonds. The lowest BCUT2D eigenvalue weighted by atomic mass is 9.85. The van der Waals surface area contributed by atoms with E-state index in [-0.39, 0.29) is 63.0 Å². The Labute approximate surface area is 185 Å². The van der Waals surface area contributed by atoms with Crippen LogP contribution in [0, 0.1) is 29.1 Å². The summed E-state index contributed by atoms with van der Waals surface area (Å²) in [6.45, 7) is 0. The molecule has 1 spiro atoms. The molecule has 4 aliphatic rings. The number of carbonyl (C=O) groups is 2. The van der Waals surface area contributed by atoms with Gasteiger partial charge in [0.2, 0.25) is 0 Å². The van der Waals surface area contributed by atoms with E-state index in [0.29, 0.717) is 0 Å². The van der Waals surface area contributed by atoms with Gasteiger partial charge in [0.05, 0.1) is 28.6 Å². The van der Waals surface area contributed by atoms with E-state index in [9.17, 15) is 22.8 Å². The van der Waals surface area contributed by atoms with Gasteiger partial charge in [0, 0.05) is 5.56 Å². The van der Waals surface area contributed by atoms with Crippen LogP contribution in [0.15, 0.2) is 52.0 Å². The minimum atomic E-state index is -4.52. The summed E-state index contributed by atoms with van der Waals surface area (Å²) in [5.41, 5.74) is -0.655. The number of alkyl halides is 3. The number of nitrogens with zero attached hydrogens (tertiary/aromatic N) is 2. The predicted molar refractivity (Wildman–Crippen MR) is 108 cm³/mol. The number of allylic oxidation sites excluding steroid dienone is 2. The third-order valence-corrected chi connectivity index (χ3v) is 7.65. The quantitative estimate of drug-likeness (QED) is 0.361. The van der Waals surface area contributed by atoms with Crippen molar-refractivity contribution in [2.75, 3.05) is 0 Å². The fourth-order valence-electron chi connectivity index (χ4n) is 5.75. The lowest BCUT2D eigenvalue weighted by Crippen LogP contribution is -2.30. The first-order valence-electron chi connectivity index (χ1n) is 10.3. The Morgan fingerprint density at radius 1 is 1.06 bits per heavy atom. The Balaban J connectivity index is 1.24. The fourth-order valence-corrected chi connectivity index (χ4v) is 5.96. The van der Waals surface area contributed by atoms with E-state index in [1.165, 1.54) is 18.3 Å². The van der Waals surface area contributed by atoms with Crippen molar-refractivity contribution in [3.8, 4) is 11.3 Å². The van der Waals surface area contributed by atoms with Gasteiger partial charge in [-0.2, -0.15) is 23.3 Å². The molecule has 0 unspecified atom stereocenters. The van der Waals surface area contributed by atoms with Crippen LogP contribution in [0.25, 0.3) is 11.3 Å². The summed E-state index contributed by atoms with van der Waals surface area (Å²) >= 11 is 6.06. The highest BCUT2D eigenvalue weighted by Crippen LogP contribution is 2.73. The minimum Gasteiger partial charge on any atom is -0.455 e. The van der Waals surface area contributed by atoms with Crippen molar-refractivity contribution in [3.05, 3.63) is 58.8 Å². The zero-order valence-corrected chi connectivity index (χ0v) is 17.2. The van der Waals surface area contributed by atoms with Gasteiger partial charge in [-0.15, -0.1) is 0 Å². The second-order valence-electron chi connectivity index (χ2n) is 8.85. The molecule has 164 valence electrons. The molecule has 1 aliphatic heterocycles. The maximum Gasteiger partial charge on any atom is 0.416 e. The monoisotopic (exact) mass is 460 g/mol. The average molecular weight is 461 g/mol. The van der Waals surface area contributed by atoms with Crippen molar-refractivity contribution >= 4 is 29.6 Å². The summed E-state index contributed by atoms with van der Waals surface area (Å²) in [6, 6.07) is 5.92. The van der Waals surface area contributed by atoms with Gasteiger partial charge in [0.25, 0.3) is 11.8 Å². The largest absolute Gasteiger partial charge is 0.455 e. The number of amides is 2. The molecule has 6 rings (SSSR count). The number of furan rings is 1. The first-order chi connectivity index (χ1) is 15.2. The molecule has 0 N–H and O–H groups in total. The Morgan fingerprint density at radius 2 is 1.72 bits per heavy atom. The number of carbonyl (C=O) groups excluding carboxylic acids is 2. The van der Waals surface area contributed by atoms with Crippen LogP contribution in [0.3, 0.4) is 0 Å². The molecule has 2 saturated carbocycles. The molecule has 2 bridgehead atoms. The maximum absolute atomic E-state index is 13.0. The van der Waals surface area contributed by atoms with Gasteiger partial charge in [-0.1, -0.05) is 23.8 Å². The lowest BCUT2D eigenvalue weighted by molar-refractivity contribution is -0.141. The molecule has 32 heavy (non-hydrogen) atoms. The summed E-state index contributed by atoms with van der Waals surface area (Å²) in [4.78, 5) is 25.9. The van der Waals surface area contributed by atoms with E-state index in [4.69, 9.17) is 16.0 Å². The summed E-state index contributed by atoms with van der Waals surface area (Å²) in [5.74, 6) is -0.789. The van der Waals surface area contributed by atoms with Gasteiger partial charge < -0.3 is 4.42 Å². The number of hydrogen-bond acceptors (Lipinski definition) is 4. The van der Waals surface area contributed by atoms with Gasteiger partial charge >= 0.3 is 6.18 Å². The number of rotatable bonds is 3. The van der Waals surface area contributed by atoms with Crippen molar-refractivity contribution < 1.29 is 27.2 Å². The molecule has 1 saturated heterocycles. The van der Waals surface area contributed by atoms with Crippen molar-refractivity contribution in [3.63, 3.8) is 0 Å². The molecular weight excluding hydrogens is 445 g/mol. The van der Waals surface area contributed by atoms with Gasteiger partial charge in [-0.05, 0) is 60.4 Å². The standard InChI is InChI=1S/C23H16ClF3N2O3/c24-16-5-1-11(23(25,26)27)9-13(16)17-6-2-12(32-17)10-28-29-20(30)18-14-3-4-15(19(18)21(29)31)22(14)7-8-22/h1-6,9-10,14-15,18-19H,7-8H2/t14-,15-,18-,19+/m1/s1. The topological polar surface area (TPSA) is 62.9 Å². The zero-order chi connectivity index (χ0) is 22.4. The molecule has 5 nitrogen and oxygen atoms in total. The van der Waals surface area contributed by atoms with Crippen LogP contribution in [0.5, 0.6) is 0 Å². The normalized spacial score (nSPS) is 29.7. The molecule has 1 aromatic heterocycles. The van der Waals surface area contributed by atoms with E-state index >= 15 is 0 Å². The van der Waals surface area contributed by atoms with Crippen LogP contribution in [0.4, 0.5) is 13.2 Å². The molecule has 3 aliphatic carbocycles. The zero-order valence-electron chi connectivity index (χ0n) is 16.5. The second-order valence-corrected chi connectivity index (χ2v) is 9.26. The molecule has 3 fully saturated rings. The van der Waals surface area contributed by atoms with Crippen LogP contribution in [0.1, 0.15) is 24.2 Å².